The first-order valence-electron chi connectivity index (χ1n) is 8.77. The number of hydrogen-bond donors (Lipinski definition) is 0. The number of benzene rings is 1. The highest BCUT2D eigenvalue weighted by atomic mass is 32.2. The lowest BCUT2D eigenvalue weighted by atomic mass is 10.1. The lowest BCUT2D eigenvalue weighted by Crippen LogP contribution is -2.56. The molecule has 0 atom stereocenters. The van der Waals surface area contributed by atoms with Crippen molar-refractivity contribution in [3.8, 4) is 5.75 Å². The fraction of sp³-hybridized carbons (Fsp3) is 0.611. The summed E-state index contributed by atoms with van der Waals surface area (Å²) < 4.78 is 31.9. The van der Waals surface area contributed by atoms with E-state index in [1.165, 1.54) is 4.31 Å². The van der Waals surface area contributed by atoms with Crippen molar-refractivity contribution >= 4 is 15.9 Å². The summed E-state index contributed by atoms with van der Waals surface area (Å²) in [5.74, 6) is 0.698. The molecule has 0 radical (unpaired) electrons. The summed E-state index contributed by atoms with van der Waals surface area (Å²) in [7, 11) is -3.21. The summed E-state index contributed by atoms with van der Waals surface area (Å²) >= 11 is 0. The second kappa shape index (κ2) is 8.19. The molecule has 0 spiro atoms. The van der Waals surface area contributed by atoms with E-state index in [0.29, 0.717) is 38.3 Å². The molecule has 1 saturated heterocycles. The minimum Gasteiger partial charge on any atom is -0.478 e. The number of carbonyl (C=O) groups excluding carboxylic acids is 1. The number of piperazine rings is 1. The van der Waals surface area contributed by atoms with Crippen LogP contribution in [-0.4, -0.2) is 61.1 Å². The van der Waals surface area contributed by atoms with Crippen molar-refractivity contribution < 1.29 is 17.9 Å². The van der Waals surface area contributed by atoms with E-state index in [4.69, 9.17) is 4.74 Å². The molecule has 7 heteroatoms. The molecule has 1 aliphatic heterocycles. The summed E-state index contributed by atoms with van der Waals surface area (Å²) in [5.41, 5.74) is -0.995. The Balaban J connectivity index is 1.94. The van der Waals surface area contributed by atoms with Gasteiger partial charge in [0.05, 0.1) is 5.75 Å². The Morgan fingerprint density at radius 1 is 1.12 bits per heavy atom. The number of sulfonamides is 1. The Hall–Kier alpha value is -1.60. The average Bonchev–Trinajstić information content (AvgIpc) is 2.60. The maximum absolute atomic E-state index is 12.8. The maximum atomic E-state index is 12.8. The Morgan fingerprint density at radius 3 is 2.28 bits per heavy atom. The third-order valence-corrected chi connectivity index (χ3v) is 6.26. The van der Waals surface area contributed by atoms with Crippen molar-refractivity contribution in [2.24, 2.45) is 0 Å². The van der Waals surface area contributed by atoms with Gasteiger partial charge in [-0.1, -0.05) is 31.5 Å². The molecule has 140 valence electrons. The molecule has 1 aromatic carbocycles. The highest BCUT2D eigenvalue weighted by Crippen LogP contribution is 2.21. The Labute approximate surface area is 150 Å². The number of carbonyl (C=O) groups is 1. The number of rotatable bonds is 7. The SMILES string of the molecule is CCCCS(=O)(=O)N1CCN(C(=O)C(C)(C)Oc2ccccc2)CC1. The van der Waals surface area contributed by atoms with Crippen molar-refractivity contribution in [3.05, 3.63) is 30.3 Å². The molecule has 1 fully saturated rings. The first kappa shape index (κ1) is 19.7. The number of amides is 1. The van der Waals surface area contributed by atoms with Crippen LogP contribution >= 0.6 is 0 Å². The third-order valence-electron chi connectivity index (χ3n) is 4.31. The lowest BCUT2D eigenvalue weighted by Gasteiger charge is -2.38. The molecule has 1 aliphatic rings. The molecular formula is C18H28N2O4S. The minimum absolute atomic E-state index is 0.123. The molecule has 1 heterocycles. The summed E-state index contributed by atoms with van der Waals surface area (Å²) in [6, 6.07) is 9.23. The summed E-state index contributed by atoms with van der Waals surface area (Å²) in [6.45, 7) is 6.94. The monoisotopic (exact) mass is 368 g/mol. The molecule has 0 unspecified atom stereocenters. The zero-order chi connectivity index (χ0) is 18.5. The van der Waals surface area contributed by atoms with Crippen LogP contribution in [0.1, 0.15) is 33.6 Å². The normalized spacial score (nSPS) is 16.7. The molecule has 2 rings (SSSR count). The predicted octanol–water partition coefficient (Wildman–Crippen LogP) is 2.12. The van der Waals surface area contributed by atoms with Crippen LogP contribution < -0.4 is 4.74 Å². The largest absolute Gasteiger partial charge is 0.478 e. The van der Waals surface area contributed by atoms with Crippen LogP contribution in [0.25, 0.3) is 0 Å². The van der Waals surface area contributed by atoms with Gasteiger partial charge in [-0.25, -0.2) is 8.42 Å². The summed E-state index contributed by atoms with van der Waals surface area (Å²) in [5, 5.41) is 0. The van der Waals surface area contributed by atoms with Crippen LogP contribution in [-0.2, 0) is 14.8 Å². The quantitative estimate of drug-likeness (QED) is 0.739. The lowest BCUT2D eigenvalue weighted by molar-refractivity contribution is -0.146. The smallest absolute Gasteiger partial charge is 0.266 e. The van der Waals surface area contributed by atoms with Gasteiger partial charge in [-0.2, -0.15) is 4.31 Å². The minimum atomic E-state index is -3.21. The van der Waals surface area contributed by atoms with E-state index in [-0.39, 0.29) is 11.7 Å². The van der Waals surface area contributed by atoms with Crippen LogP contribution in [0.15, 0.2) is 30.3 Å². The number of hydrogen-bond acceptors (Lipinski definition) is 4. The first-order valence-corrected chi connectivity index (χ1v) is 10.4. The molecule has 0 aliphatic carbocycles. The molecule has 0 saturated carbocycles. The molecular weight excluding hydrogens is 340 g/mol. The molecule has 25 heavy (non-hydrogen) atoms. The van der Waals surface area contributed by atoms with E-state index >= 15 is 0 Å². The molecule has 6 nitrogen and oxygen atoms in total. The first-order chi connectivity index (χ1) is 11.8. The number of para-hydroxylation sites is 1. The van der Waals surface area contributed by atoms with Gasteiger partial charge in [0.2, 0.25) is 10.0 Å². The predicted molar refractivity (Wildman–Crippen MR) is 98.0 cm³/mol. The van der Waals surface area contributed by atoms with Crippen LogP contribution in [0.5, 0.6) is 5.75 Å². The molecule has 0 bridgehead atoms. The Kier molecular flexibility index (Phi) is 6.46. The zero-order valence-corrected chi connectivity index (χ0v) is 16.1. The second-order valence-electron chi connectivity index (χ2n) is 6.79. The van der Waals surface area contributed by atoms with Crippen LogP contribution in [0.2, 0.25) is 0 Å². The van der Waals surface area contributed by atoms with Gasteiger partial charge in [0.15, 0.2) is 5.60 Å². The summed E-state index contributed by atoms with van der Waals surface area (Å²) in [4.78, 5) is 14.5. The van der Waals surface area contributed by atoms with E-state index in [1.807, 2.05) is 37.3 Å². The maximum Gasteiger partial charge on any atom is 0.266 e. The highest BCUT2D eigenvalue weighted by molar-refractivity contribution is 7.89. The van der Waals surface area contributed by atoms with Gasteiger partial charge in [0, 0.05) is 26.2 Å². The molecule has 1 amide bonds. The fourth-order valence-electron chi connectivity index (χ4n) is 2.83. The van der Waals surface area contributed by atoms with Gasteiger partial charge < -0.3 is 9.64 Å². The van der Waals surface area contributed by atoms with E-state index in [0.717, 1.165) is 6.42 Å². The van der Waals surface area contributed by atoms with Crippen LogP contribution in [0.3, 0.4) is 0 Å². The Bertz CT molecular complexity index is 666. The fourth-order valence-corrected chi connectivity index (χ4v) is 4.46. The van der Waals surface area contributed by atoms with E-state index in [9.17, 15) is 13.2 Å². The van der Waals surface area contributed by atoms with Gasteiger partial charge >= 0.3 is 0 Å². The van der Waals surface area contributed by atoms with Gasteiger partial charge in [0.1, 0.15) is 5.75 Å². The second-order valence-corrected chi connectivity index (χ2v) is 8.87. The highest BCUT2D eigenvalue weighted by Gasteiger charge is 2.37. The average molecular weight is 368 g/mol. The standard InChI is InChI=1S/C18H28N2O4S/c1-4-5-15-25(22,23)20-13-11-19(12-14-20)17(21)18(2,3)24-16-9-7-6-8-10-16/h6-10H,4-5,11-15H2,1-3H3. The van der Waals surface area contributed by atoms with Crippen molar-refractivity contribution in [2.45, 2.75) is 39.2 Å². The number of nitrogens with zero attached hydrogens (tertiary/aromatic N) is 2. The third kappa shape index (κ3) is 5.19. The van der Waals surface area contributed by atoms with Gasteiger partial charge in [-0.3, -0.25) is 4.79 Å². The molecule has 1 aromatic rings. The molecule has 0 aromatic heterocycles. The van der Waals surface area contributed by atoms with Crippen molar-refractivity contribution in [2.75, 3.05) is 31.9 Å². The van der Waals surface area contributed by atoms with Gasteiger partial charge in [-0.15, -0.1) is 0 Å². The van der Waals surface area contributed by atoms with E-state index in [2.05, 4.69) is 0 Å². The Morgan fingerprint density at radius 2 is 1.72 bits per heavy atom. The number of ether oxygens (including phenoxy) is 1. The summed E-state index contributed by atoms with van der Waals surface area (Å²) in [6.07, 6.45) is 1.52. The van der Waals surface area contributed by atoms with E-state index in [1.54, 1.807) is 18.7 Å². The van der Waals surface area contributed by atoms with Crippen molar-refractivity contribution in [1.82, 2.24) is 9.21 Å². The van der Waals surface area contributed by atoms with Crippen LogP contribution in [0.4, 0.5) is 0 Å². The van der Waals surface area contributed by atoms with E-state index < -0.39 is 15.6 Å². The zero-order valence-electron chi connectivity index (χ0n) is 15.3. The molecule has 0 N–H and O–H groups in total. The number of unbranched alkanes of at least 4 members (excludes halogenated alkanes) is 1. The topological polar surface area (TPSA) is 66.9 Å². The van der Waals surface area contributed by atoms with Crippen molar-refractivity contribution in [3.63, 3.8) is 0 Å². The van der Waals surface area contributed by atoms with Gasteiger partial charge in [0.25, 0.3) is 5.91 Å². The van der Waals surface area contributed by atoms with Crippen LogP contribution in [0, 0.1) is 0 Å². The van der Waals surface area contributed by atoms with Crippen molar-refractivity contribution in [1.29, 1.82) is 0 Å². The van der Waals surface area contributed by atoms with Gasteiger partial charge in [-0.05, 0) is 32.4 Å².